The van der Waals surface area contributed by atoms with E-state index in [0.29, 0.717) is 17.1 Å². The monoisotopic (exact) mass is 428 g/mol. The summed E-state index contributed by atoms with van der Waals surface area (Å²) >= 11 is 5.80. The Hall–Kier alpha value is -3.35. The van der Waals surface area contributed by atoms with Crippen molar-refractivity contribution in [2.24, 2.45) is 0 Å². The van der Waals surface area contributed by atoms with Crippen molar-refractivity contribution in [3.63, 3.8) is 0 Å². The van der Waals surface area contributed by atoms with Gasteiger partial charge in [-0.2, -0.15) is 0 Å². The summed E-state index contributed by atoms with van der Waals surface area (Å²) in [5.41, 5.74) is 11.6. The van der Waals surface area contributed by atoms with Crippen LogP contribution >= 0.6 is 11.6 Å². The molecule has 29 heavy (non-hydrogen) atoms. The Balaban J connectivity index is 0.000000291. The van der Waals surface area contributed by atoms with E-state index in [1.807, 2.05) is 0 Å². The maximum Gasteiger partial charge on any atom is 0.294 e. The third-order valence-electron chi connectivity index (χ3n) is 3.39. The number of nitrogens with one attached hydrogen (secondary N) is 2. The van der Waals surface area contributed by atoms with Crippen LogP contribution in [0.5, 0.6) is 0 Å². The van der Waals surface area contributed by atoms with E-state index < -0.39 is 9.85 Å². The Morgan fingerprint density at radius 1 is 0.897 bits per heavy atom. The van der Waals surface area contributed by atoms with Gasteiger partial charge in [0.25, 0.3) is 11.4 Å². The first-order valence-electron chi connectivity index (χ1n) is 8.18. The number of hydrogen-bond acceptors (Lipinski definition) is 10. The summed E-state index contributed by atoms with van der Waals surface area (Å²) in [6.07, 6.45) is 0. The molecule has 0 saturated heterocycles. The van der Waals surface area contributed by atoms with Crippen LogP contribution in [0, 0.1) is 20.2 Å². The molecule has 8 N–H and O–H groups in total. The smallest absolute Gasteiger partial charge is 0.294 e. The van der Waals surface area contributed by atoms with Crippen LogP contribution in [0.3, 0.4) is 0 Å². The summed E-state index contributed by atoms with van der Waals surface area (Å²) in [6, 6.07) is 6.91. The van der Waals surface area contributed by atoms with E-state index in [4.69, 9.17) is 33.3 Å². The molecule has 0 saturated carbocycles. The lowest BCUT2D eigenvalue weighted by atomic mass is 10.2. The normalized spacial score (nSPS) is 9.90. The molecule has 0 unspecified atom stereocenters. The highest BCUT2D eigenvalue weighted by atomic mass is 35.5. The SMILES string of the molecule is Nc1cc(Cl)c(NCCO)cc1[N+](=O)[O-].Nc1ccc(NCCO)c([N+](=O)[O-])c1. The Labute approximate surface area is 170 Å². The van der Waals surface area contributed by atoms with Crippen LogP contribution in [0.15, 0.2) is 30.3 Å². The Kier molecular flexibility index (Phi) is 9.38. The van der Waals surface area contributed by atoms with Gasteiger partial charge in [-0.25, -0.2) is 0 Å². The van der Waals surface area contributed by atoms with Crippen LogP contribution in [-0.2, 0) is 0 Å². The molecule has 158 valence electrons. The molecule has 2 aromatic carbocycles. The largest absolute Gasteiger partial charge is 0.399 e. The molecule has 0 amide bonds. The van der Waals surface area contributed by atoms with Gasteiger partial charge in [0.05, 0.1) is 33.8 Å². The third-order valence-corrected chi connectivity index (χ3v) is 3.70. The molecular formula is C16H21ClN6O6. The summed E-state index contributed by atoms with van der Waals surface area (Å²) in [5.74, 6) is 0. The van der Waals surface area contributed by atoms with Gasteiger partial charge in [0.1, 0.15) is 11.4 Å². The number of nitrogens with zero attached hydrogens (tertiary/aromatic N) is 2. The average Bonchev–Trinajstić information content (AvgIpc) is 2.66. The zero-order valence-corrected chi connectivity index (χ0v) is 15.9. The number of nitrogens with two attached hydrogens (primary N) is 2. The van der Waals surface area contributed by atoms with E-state index in [-0.39, 0.29) is 48.4 Å². The van der Waals surface area contributed by atoms with Gasteiger partial charge in [0.2, 0.25) is 0 Å². The molecule has 0 spiro atoms. The second kappa shape index (κ2) is 11.5. The van der Waals surface area contributed by atoms with Gasteiger partial charge in [0.15, 0.2) is 0 Å². The molecule has 0 heterocycles. The van der Waals surface area contributed by atoms with Crippen LogP contribution < -0.4 is 22.1 Å². The first-order valence-corrected chi connectivity index (χ1v) is 8.55. The summed E-state index contributed by atoms with van der Waals surface area (Å²) in [4.78, 5) is 20.0. The van der Waals surface area contributed by atoms with Crippen molar-refractivity contribution in [3.8, 4) is 0 Å². The lowest BCUT2D eigenvalue weighted by Gasteiger charge is -2.07. The van der Waals surface area contributed by atoms with Crippen molar-refractivity contribution in [3.05, 3.63) is 55.6 Å². The molecule has 0 atom stereocenters. The maximum atomic E-state index is 10.6. The van der Waals surface area contributed by atoms with Crippen LogP contribution in [0.1, 0.15) is 0 Å². The first-order chi connectivity index (χ1) is 13.7. The van der Waals surface area contributed by atoms with Gasteiger partial charge in [-0.3, -0.25) is 20.2 Å². The second-order valence-corrected chi connectivity index (χ2v) is 5.89. The average molecular weight is 429 g/mol. The van der Waals surface area contributed by atoms with Gasteiger partial charge in [-0.1, -0.05) is 11.6 Å². The zero-order valence-electron chi connectivity index (χ0n) is 15.2. The van der Waals surface area contributed by atoms with E-state index in [1.165, 1.54) is 24.3 Å². The highest BCUT2D eigenvalue weighted by Crippen LogP contribution is 2.32. The van der Waals surface area contributed by atoms with Crippen molar-refractivity contribution in [2.75, 3.05) is 48.4 Å². The minimum absolute atomic E-state index is 0.0135. The number of aliphatic hydroxyl groups excluding tert-OH is 2. The summed E-state index contributed by atoms with van der Waals surface area (Å²) < 4.78 is 0. The topological polar surface area (TPSA) is 203 Å². The van der Waals surface area contributed by atoms with Crippen molar-refractivity contribution in [2.45, 2.75) is 0 Å². The van der Waals surface area contributed by atoms with Gasteiger partial charge in [0, 0.05) is 30.9 Å². The van der Waals surface area contributed by atoms with E-state index in [1.54, 1.807) is 6.07 Å². The molecule has 0 aliphatic carbocycles. The molecule has 0 aliphatic rings. The highest BCUT2D eigenvalue weighted by Gasteiger charge is 2.15. The fourth-order valence-electron chi connectivity index (χ4n) is 2.10. The van der Waals surface area contributed by atoms with Crippen LogP contribution in [0.4, 0.5) is 34.1 Å². The lowest BCUT2D eigenvalue weighted by Crippen LogP contribution is -2.07. The van der Waals surface area contributed by atoms with Crippen molar-refractivity contribution in [1.82, 2.24) is 0 Å². The van der Waals surface area contributed by atoms with Gasteiger partial charge in [-0.15, -0.1) is 0 Å². The second-order valence-electron chi connectivity index (χ2n) is 5.48. The summed E-state index contributed by atoms with van der Waals surface area (Å²) in [6.45, 7) is 0.363. The van der Waals surface area contributed by atoms with Crippen molar-refractivity contribution < 1.29 is 20.1 Å². The molecule has 2 aromatic rings. The molecule has 0 aromatic heterocycles. The van der Waals surface area contributed by atoms with E-state index >= 15 is 0 Å². The highest BCUT2D eigenvalue weighted by molar-refractivity contribution is 6.33. The van der Waals surface area contributed by atoms with Crippen LogP contribution in [0.25, 0.3) is 0 Å². The first kappa shape index (κ1) is 23.7. The maximum absolute atomic E-state index is 10.6. The van der Waals surface area contributed by atoms with Crippen molar-refractivity contribution >= 4 is 45.7 Å². The van der Waals surface area contributed by atoms with Gasteiger partial charge >= 0.3 is 0 Å². The summed E-state index contributed by atoms with van der Waals surface area (Å²) in [5, 5.41) is 44.0. The Morgan fingerprint density at radius 3 is 1.97 bits per heavy atom. The molecule has 13 heteroatoms. The lowest BCUT2D eigenvalue weighted by molar-refractivity contribution is -0.384. The number of nitrogen functional groups attached to an aromatic ring is 2. The zero-order chi connectivity index (χ0) is 22.0. The fraction of sp³-hybridized carbons (Fsp3) is 0.250. The standard InChI is InChI=1S/C8H10ClN3O3.C8H11N3O3/c9-5-3-6(10)8(12(14)15)4-7(5)11-1-2-13;9-6-1-2-7(10-3-4-12)8(5-6)11(13)14/h3-4,11,13H,1-2,10H2;1-2,5,10,12H,3-4,9H2. The quantitative estimate of drug-likeness (QED) is 0.204. The fourth-order valence-corrected chi connectivity index (χ4v) is 2.34. The van der Waals surface area contributed by atoms with E-state index in [9.17, 15) is 20.2 Å². The molecule has 0 fully saturated rings. The minimum Gasteiger partial charge on any atom is -0.399 e. The number of nitro benzene ring substituents is 2. The van der Waals surface area contributed by atoms with Crippen LogP contribution in [-0.4, -0.2) is 46.4 Å². The molecule has 0 aliphatic heterocycles. The predicted molar refractivity (Wildman–Crippen MR) is 111 cm³/mol. The van der Waals surface area contributed by atoms with Gasteiger partial charge < -0.3 is 32.3 Å². The number of rotatable bonds is 8. The Bertz CT molecular complexity index is 866. The number of hydrogen-bond donors (Lipinski definition) is 6. The van der Waals surface area contributed by atoms with Crippen LogP contribution in [0.2, 0.25) is 5.02 Å². The van der Waals surface area contributed by atoms with E-state index in [0.717, 1.165) is 0 Å². The number of halogens is 1. The molecule has 0 radical (unpaired) electrons. The minimum atomic E-state index is -0.588. The Morgan fingerprint density at radius 2 is 1.45 bits per heavy atom. The molecule has 12 nitrogen and oxygen atoms in total. The molecule has 0 bridgehead atoms. The van der Waals surface area contributed by atoms with Crippen molar-refractivity contribution in [1.29, 1.82) is 0 Å². The molecule has 2 rings (SSSR count). The number of anilines is 4. The number of benzene rings is 2. The predicted octanol–water partition coefficient (Wildman–Crippen LogP) is 1.82. The molecular weight excluding hydrogens is 408 g/mol. The number of nitro groups is 2. The van der Waals surface area contributed by atoms with E-state index in [2.05, 4.69) is 10.6 Å². The van der Waals surface area contributed by atoms with Gasteiger partial charge in [-0.05, 0) is 18.2 Å². The number of aliphatic hydroxyl groups is 2. The third kappa shape index (κ3) is 7.29. The summed E-state index contributed by atoms with van der Waals surface area (Å²) in [7, 11) is 0.